The predicted octanol–water partition coefficient (Wildman–Crippen LogP) is 3.76. The molecule has 0 radical (unpaired) electrons. The lowest BCUT2D eigenvalue weighted by molar-refractivity contribution is -0.137. The van der Waals surface area contributed by atoms with Gasteiger partial charge >= 0.3 is 6.18 Å². The van der Waals surface area contributed by atoms with Crippen molar-refractivity contribution in [2.24, 2.45) is 0 Å². The average Bonchev–Trinajstić information content (AvgIpc) is 3.34. The number of hydrogen-bond acceptors (Lipinski definition) is 6. The standard InChI is InChI=1S/C22H22F3N5O3/c1-14-19(33-20-8-5-15(13-26-20)22(23,24)25)4-3-11-29(14)21(31)17-7-6-16(32-2)12-18(17)30-27-9-10-28-30/h5-10,12-14,19H,3-4,11H2,1-2H3/t14-,19+/m0/s1. The molecule has 0 aliphatic carbocycles. The maximum absolute atomic E-state index is 13.5. The molecule has 0 N–H and O–H groups in total. The Kier molecular flexibility index (Phi) is 6.21. The molecule has 1 saturated heterocycles. The number of amides is 1. The molecule has 2 aromatic heterocycles. The highest BCUT2D eigenvalue weighted by Gasteiger charge is 2.35. The van der Waals surface area contributed by atoms with Crippen LogP contribution in [0.25, 0.3) is 5.69 Å². The SMILES string of the molecule is COc1ccc(C(=O)N2CCC[C@@H](Oc3ccc(C(F)(F)F)cn3)[C@@H]2C)c(-n2nccn2)c1. The van der Waals surface area contributed by atoms with Crippen LogP contribution in [-0.4, -0.2) is 56.6 Å². The van der Waals surface area contributed by atoms with Crippen molar-refractivity contribution in [1.82, 2.24) is 24.9 Å². The molecular weight excluding hydrogens is 439 g/mol. The van der Waals surface area contributed by atoms with Gasteiger partial charge in [-0.15, -0.1) is 0 Å². The number of likely N-dealkylation sites (tertiary alicyclic amines) is 1. The number of pyridine rings is 1. The quantitative estimate of drug-likeness (QED) is 0.576. The Bertz CT molecular complexity index is 1100. The molecule has 1 aliphatic rings. The molecule has 3 aromatic rings. The summed E-state index contributed by atoms with van der Waals surface area (Å²) < 4.78 is 49.5. The minimum atomic E-state index is -4.47. The Hall–Kier alpha value is -3.63. The molecule has 174 valence electrons. The van der Waals surface area contributed by atoms with Crippen LogP contribution in [0.15, 0.2) is 48.9 Å². The number of carbonyl (C=O) groups is 1. The van der Waals surface area contributed by atoms with Crippen molar-refractivity contribution in [3.05, 3.63) is 60.0 Å². The number of halogens is 3. The smallest absolute Gasteiger partial charge is 0.417 e. The van der Waals surface area contributed by atoms with Crippen molar-refractivity contribution < 1.29 is 27.4 Å². The number of carbonyl (C=O) groups excluding carboxylic acids is 1. The molecular formula is C22H22F3N5O3. The van der Waals surface area contributed by atoms with Gasteiger partial charge in [0.25, 0.3) is 5.91 Å². The molecule has 4 rings (SSSR count). The van der Waals surface area contributed by atoms with Crippen molar-refractivity contribution in [1.29, 1.82) is 0 Å². The Labute approximate surface area is 187 Å². The van der Waals surface area contributed by atoms with Crippen LogP contribution in [0.3, 0.4) is 0 Å². The highest BCUT2D eigenvalue weighted by atomic mass is 19.4. The molecule has 3 heterocycles. The summed E-state index contributed by atoms with van der Waals surface area (Å²) in [5.74, 6) is 0.409. The lowest BCUT2D eigenvalue weighted by atomic mass is 9.98. The fourth-order valence-corrected chi connectivity index (χ4v) is 3.80. The average molecular weight is 461 g/mol. The number of ether oxygens (including phenoxy) is 2. The number of hydrogen-bond donors (Lipinski definition) is 0. The first-order valence-corrected chi connectivity index (χ1v) is 10.3. The number of nitrogens with zero attached hydrogens (tertiary/aromatic N) is 5. The van der Waals surface area contributed by atoms with Crippen LogP contribution in [0.4, 0.5) is 13.2 Å². The first-order chi connectivity index (χ1) is 15.8. The van der Waals surface area contributed by atoms with E-state index in [1.165, 1.54) is 30.4 Å². The van der Waals surface area contributed by atoms with E-state index in [9.17, 15) is 18.0 Å². The van der Waals surface area contributed by atoms with Gasteiger partial charge in [-0.1, -0.05) is 0 Å². The Balaban J connectivity index is 1.55. The second-order valence-electron chi connectivity index (χ2n) is 7.62. The van der Waals surface area contributed by atoms with Crippen LogP contribution >= 0.6 is 0 Å². The molecule has 0 bridgehead atoms. The van der Waals surface area contributed by atoms with Crippen molar-refractivity contribution in [3.8, 4) is 17.3 Å². The summed E-state index contributed by atoms with van der Waals surface area (Å²) in [7, 11) is 1.53. The molecule has 1 aliphatic heterocycles. The third kappa shape index (κ3) is 4.76. The van der Waals surface area contributed by atoms with Crippen molar-refractivity contribution in [2.45, 2.75) is 38.1 Å². The number of rotatable bonds is 5. The summed E-state index contributed by atoms with van der Waals surface area (Å²) >= 11 is 0. The zero-order valence-corrected chi connectivity index (χ0v) is 18.0. The van der Waals surface area contributed by atoms with Gasteiger partial charge in [0.15, 0.2) is 0 Å². The number of piperidine rings is 1. The van der Waals surface area contributed by atoms with Gasteiger partial charge in [-0.3, -0.25) is 4.79 Å². The Morgan fingerprint density at radius 1 is 1.15 bits per heavy atom. The van der Waals surface area contributed by atoms with Gasteiger partial charge in [-0.25, -0.2) is 4.98 Å². The van der Waals surface area contributed by atoms with Crippen LogP contribution in [0.2, 0.25) is 0 Å². The molecule has 0 spiro atoms. The van der Waals surface area contributed by atoms with E-state index >= 15 is 0 Å². The van der Waals surface area contributed by atoms with E-state index in [0.29, 0.717) is 36.4 Å². The zero-order chi connectivity index (χ0) is 23.6. The van der Waals surface area contributed by atoms with E-state index in [0.717, 1.165) is 12.3 Å². The third-order valence-electron chi connectivity index (χ3n) is 5.58. The van der Waals surface area contributed by atoms with Crippen LogP contribution in [0.5, 0.6) is 11.6 Å². The third-order valence-corrected chi connectivity index (χ3v) is 5.58. The topological polar surface area (TPSA) is 82.4 Å². The highest BCUT2D eigenvalue weighted by molar-refractivity contribution is 5.98. The van der Waals surface area contributed by atoms with Gasteiger partial charge in [-0.05, 0) is 38.0 Å². The number of alkyl halides is 3. The van der Waals surface area contributed by atoms with Crippen LogP contribution < -0.4 is 9.47 Å². The summed E-state index contributed by atoms with van der Waals surface area (Å²) in [6, 6.07) is 6.82. The van der Waals surface area contributed by atoms with Gasteiger partial charge < -0.3 is 14.4 Å². The lowest BCUT2D eigenvalue weighted by Crippen LogP contribution is -2.51. The van der Waals surface area contributed by atoms with Gasteiger partial charge in [-0.2, -0.15) is 28.2 Å². The minimum Gasteiger partial charge on any atom is -0.497 e. The summed E-state index contributed by atoms with van der Waals surface area (Å²) in [4.78, 5) is 20.3. The van der Waals surface area contributed by atoms with Crippen LogP contribution in [0, 0.1) is 0 Å². The van der Waals surface area contributed by atoms with Gasteiger partial charge in [0.1, 0.15) is 17.5 Å². The number of methoxy groups -OCH3 is 1. The fraction of sp³-hybridized carbons (Fsp3) is 0.364. The molecule has 11 heteroatoms. The molecule has 0 unspecified atom stereocenters. The lowest BCUT2D eigenvalue weighted by Gasteiger charge is -2.39. The summed E-state index contributed by atoms with van der Waals surface area (Å²) in [6.07, 6.45) is 0.197. The zero-order valence-electron chi connectivity index (χ0n) is 18.0. The second-order valence-corrected chi connectivity index (χ2v) is 7.62. The fourth-order valence-electron chi connectivity index (χ4n) is 3.80. The Morgan fingerprint density at radius 3 is 2.55 bits per heavy atom. The van der Waals surface area contributed by atoms with E-state index in [1.54, 1.807) is 23.1 Å². The summed E-state index contributed by atoms with van der Waals surface area (Å²) in [5, 5.41) is 8.26. The molecule has 2 atom stereocenters. The maximum atomic E-state index is 13.5. The molecule has 1 fully saturated rings. The second kappa shape index (κ2) is 9.08. The summed E-state index contributed by atoms with van der Waals surface area (Å²) in [5.41, 5.74) is 0.0266. The Morgan fingerprint density at radius 2 is 1.91 bits per heavy atom. The largest absolute Gasteiger partial charge is 0.497 e. The van der Waals surface area contributed by atoms with E-state index in [1.807, 2.05) is 6.92 Å². The van der Waals surface area contributed by atoms with E-state index in [2.05, 4.69) is 15.2 Å². The molecule has 1 aromatic carbocycles. The first kappa shape index (κ1) is 22.6. The molecule has 1 amide bonds. The van der Waals surface area contributed by atoms with Crippen molar-refractivity contribution in [3.63, 3.8) is 0 Å². The highest BCUT2D eigenvalue weighted by Crippen LogP contribution is 2.31. The van der Waals surface area contributed by atoms with E-state index in [4.69, 9.17) is 9.47 Å². The summed E-state index contributed by atoms with van der Waals surface area (Å²) in [6.45, 7) is 2.36. The molecule has 0 saturated carbocycles. The van der Waals surface area contributed by atoms with Crippen molar-refractivity contribution in [2.75, 3.05) is 13.7 Å². The van der Waals surface area contributed by atoms with Crippen molar-refractivity contribution >= 4 is 5.91 Å². The maximum Gasteiger partial charge on any atom is 0.417 e. The monoisotopic (exact) mass is 461 g/mol. The molecule has 33 heavy (non-hydrogen) atoms. The van der Waals surface area contributed by atoms with Gasteiger partial charge in [0, 0.05) is 24.9 Å². The van der Waals surface area contributed by atoms with Gasteiger partial charge in [0.2, 0.25) is 5.88 Å². The van der Waals surface area contributed by atoms with Crippen LogP contribution in [-0.2, 0) is 6.18 Å². The number of benzene rings is 1. The van der Waals surface area contributed by atoms with Gasteiger partial charge in [0.05, 0.1) is 36.7 Å². The first-order valence-electron chi connectivity index (χ1n) is 10.3. The normalized spacial score (nSPS) is 18.8. The van der Waals surface area contributed by atoms with E-state index < -0.39 is 17.8 Å². The van der Waals surface area contributed by atoms with Crippen LogP contribution in [0.1, 0.15) is 35.7 Å². The van der Waals surface area contributed by atoms with E-state index in [-0.39, 0.29) is 17.8 Å². The molecule has 8 nitrogen and oxygen atoms in total. The minimum absolute atomic E-state index is 0.0834. The number of aromatic nitrogens is 4. The predicted molar refractivity (Wildman–Crippen MR) is 111 cm³/mol.